The maximum Gasteiger partial charge on any atom is 0.0652 e. The van der Waals surface area contributed by atoms with Crippen molar-refractivity contribution in [3.05, 3.63) is 23.5 Å². The van der Waals surface area contributed by atoms with E-state index in [-0.39, 0.29) is 5.92 Å². The van der Waals surface area contributed by atoms with E-state index in [2.05, 4.69) is 11.1 Å². The van der Waals surface area contributed by atoms with Crippen molar-refractivity contribution in [2.75, 3.05) is 5.73 Å². The van der Waals surface area contributed by atoms with Crippen LogP contribution in [-0.2, 0) is 6.42 Å². The van der Waals surface area contributed by atoms with Crippen molar-refractivity contribution in [1.82, 2.24) is 4.98 Å². The molecule has 1 heterocycles. The smallest absolute Gasteiger partial charge is 0.0652 e. The van der Waals surface area contributed by atoms with Gasteiger partial charge in [0.1, 0.15) is 0 Å². The number of nitriles is 1. The summed E-state index contributed by atoms with van der Waals surface area (Å²) in [6.07, 6.45) is 3.40. The number of hydrogen-bond acceptors (Lipinski definition) is 3. The summed E-state index contributed by atoms with van der Waals surface area (Å²) >= 11 is 0. The molecule has 74 valence electrons. The maximum atomic E-state index is 8.62. The Morgan fingerprint density at radius 3 is 2.93 bits per heavy atom. The number of aromatic nitrogens is 1. The molecule has 0 aromatic carbocycles. The highest BCUT2D eigenvalue weighted by molar-refractivity contribution is 5.44. The van der Waals surface area contributed by atoms with Gasteiger partial charge in [-0.3, -0.25) is 4.98 Å². The molecule has 2 N–H and O–H groups in total. The highest BCUT2D eigenvalue weighted by Crippen LogP contribution is 2.14. The minimum atomic E-state index is 0.0671. The third-order valence-corrected chi connectivity index (χ3v) is 2.17. The lowest BCUT2D eigenvalue weighted by atomic mass is 10.0. The zero-order chi connectivity index (χ0) is 10.6. The third kappa shape index (κ3) is 2.74. The van der Waals surface area contributed by atoms with E-state index in [0.717, 1.165) is 29.8 Å². The van der Waals surface area contributed by atoms with Gasteiger partial charge >= 0.3 is 0 Å². The van der Waals surface area contributed by atoms with Crippen LogP contribution in [0.5, 0.6) is 0 Å². The average molecular weight is 189 g/mol. The van der Waals surface area contributed by atoms with Crippen LogP contribution in [0.1, 0.15) is 24.6 Å². The van der Waals surface area contributed by atoms with Crippen LogP contribution in [0.15, 0.2) is 12.3 Å². The first-order valence-electron chi connectivity index (χ1n) is 4.74. The Bertz CT molecular complexity index is 352. The summed E-state index contributed by atoms with van der Waals surface area (Å²) in [5.74, 6) is 0.0671. The zero-order valence-electron chi connectivity index (χ0n) is 8.62. The molecule has 0 aliphatic heterocycles. The number of hydrogen-bond donors (Lipinski definition) is 1. The van der Waals surface area contributed by atoms with Gasteiger partial charge in [-0.15, -0.1) is 0 Å². The van der Waals surface area contributed by atoms with Crippen molar-refractivity contribution < 1.29 is 0 Å². The quantitative estimate of drug-likeness (QED) is 0.791. The fourth-order valence-corrected chi connectivity index (χ4v) is 1.25. The first-order valence-corrected chi connectivity index (χ1v) is 4.74. The summed E-state index contributed by atoms with van der Waals surface area (Å²) in [6, 6.07) is 4.11. The highest BCUT2D eigenvalue weighted by Gasteiger charge is 2.04. The molecule has 0 amide bonds. The van der Waals surface area contributed by atoms with Crippen molar-refractivity contribution in [1.29, 1.82) is 5.26 Å². The van der Waals surface area contributed by atoms with E-state index in [1.54, 1.807) is 0 Å². The predicted molar refractivity (Wildman–Crippen MR) is 56.5 cm³/mol. The average Bonchev–Trinajstić information content (AvgIpc) is 2.16. The first-order chi connectivity index (χ1) is 6.63. The molecule has 0 saturated carbocycles. The van der Waals surface area contributed by atoms with Crippen LogP contribution in [0.3, 0.4) is 0 Å². The van der Waals surface area contributed by atoms with Crippen LogP contribution in [0, 0.1) is 24.2 Å². The topological polar surface area (TPSA) is 62.7 Å². The van der Waals surface area contributed by atoms with Crippen molar-refractivity contribution in [2.24, 2.45) is 5.92 Å². The lowest BCUT2D eigenvalue weighted by Crippen LogP contribution is -2.01. The van der Waals surface area contributed by atoms with Crippen LogP contribution in [0.25, 0.3) is 0 Å². The second-order valence-corrected chi connectivity index (χ2v) is 3.62. The second-order valence-electron chi connectivity index (χ2n) is 3.62. The van der Waals surface area contributed by atoms with Gasteiger partial charge in [0.05, 0.1) is 17.5 Å². The van der Waals surface area contributed by atoms with Crippen LogP contribution in [-0.4, -0.2) is 4.98 Å². The number of nitrogens with two attached hydrogens (primary N) is 1. The maximum absolute atomic E-state index is 8.62. The molecule has 0 spiro atoms. The fourth-order valence-electron chi connectivity index (χ4n) is 1.25. The molecule has 0 bridgehead atoms. The van der Waals surface area contributed by atoms with E-state index in [1.807, 2.05) is 26.1 Å². The SMILES string of the molecule is Cc1cnc(CCC(C)C#N)c(N)c1. The summed E-state index contributed by atoms with van der Waals surface area (Å²) < 4.78 is 0. The first kappa shape index (κ1) is 10.5. The summed E-state index contributed by atoms with van der Waals surface area (Å²) in [7, 11) is 0. The molecule has 0 aliphatic carbocycles. The van der Waals surface area contributed by atoms with Gasteiger partial charge in [-0.25, -0.2) is 0 Å². The number of pyridine rings is 1. The molecular formula is C11H15N3. The van der Waals surface area contributed by atoms with Crippen molar-refractivity contribution in [2.45, 2.75) is 26.7 Å². The summed E-state index contributed by atoms with van der Waals surface area (Å²) in [5, 5.41) is 8.62. The van der Waals surface area contributed by atoms with Gasteiger partial charge < -0.3 is 5.73 Å². The summed E-state index contributed by atoms with van der Waals surface area (Å²) in [5.41, 5.74) is 8.50. The van der Waals surface area contributed by atoms with Crippen LogP contribution in [0.2, 0.25) is 0 Å². The minimum absolute atomic E-state index is 0.0671. The number of nitrogens with zero attached hydrogens (tertiary/aromatic N) is 2. The zero-order valence-corrected chi connectivity index (χ0v) is 8.62. The number of nitrogen functional groups attached to an aromatic ring is 1. The molecule has 3 nitrogen and oxygen atoms in total. The van der Waals surface area contributed by atoms with E-state index in [1.165, 1.54) is 0 Å². The van der Waals surface area contributed by atoms with Crippen LogP contribution < -0.4 is 5.73 Å². The monoisotopic (exact) mass is 189 g/mol. The Morgan fingerprint density at radius 2 is 2.36 bits per heavy atom. The van der Waals surface area contributed by atoms with E-state index in [9.17, 15) is 0 Å². The molecule has 0 fully saturated rings. The standard InChI is InChI=1S/C11H15N3/c1-8(6-12)3-4-11-10(13)5-9(2)7-14-11/h5,7-8H,3-4,13H2,1-2H3. The fraction of sp³-hybridized carbons (Fsp3) is 0.455. The minimum Gasteiger partial charge on any atom is -0.397 e. The van der Waals surface area contributed by atoms with Crippen molar-refractivity contribution in [3.8, 4) is 6.07 Å². The number of anilines is 1. The van der Waals surface area contributed by atoms with Gasteiger partial charge in [-0.05, 0) is 38.3 Å². The summed E-state index contributed by atoms with van der Waals surface area (Å²) in [6.45, 7) is 3.87. The van der Waals surface area contributed by atoms with Gasteiger partial charge in [0.15, 0.2) is 0 Å². The van der Waals surface area contributed by atoms with E-state index in [4.69, 9.17) is 11.0 Å². The Kier molecular flexibility index (Phi) is 3.47. The van der Waals surface area contributed by atoms with Gasteiger partial charge in [-0.2, -0.15) is 5.26 Å². The predicted octanol–water partition coefficient (Wildman–Crippen LogP) is 2.06. The van der Waals surface area contributed by atoms with Gasteiger partial charge in [0.2, 0.25) is 0 Å². The Hall–Kier alpha value is -1.56. The molecule has 1 aromatic rings. The normalized spacial score (nSPS) is 12.1. The van der Waals surface area contributed by atoms with Gasteiger partial charge in [0, 0.05) is 12.1 Å². The van der Waals surface area contributed by atoms with Gasteiger partial charge in [-0.1, -0.05) is 0 Å². The van der Waals surface area contributed by atoms with E-state index >= 15 is 0 Å². The van der Waals surface area contributed by atoms with E-state index in [0.29, 0.717) is 0 Å². The van der Waals surface area contributed by atoms with Gasteiger partial charge in [0.25, 0.3) is 0 Å². The molecule has 1 atom stereocenters. The molecule has 14 heavy (non-hydrogen) atoms. The molecule has 3 heteroatoms. The van der Waals surface area contributed by atoms with Crippen molar-refractivity contribution in [3.63, 3.8) is 0 Å². The lowest BCUT2D eigenvalue weighted by molar-refractivity contribution is 0.653. The Balaban J connectivity index is 2.64. The van der Waals surface area contributed by atoms with E-state index < -0.39 is 0 Å². The molecule has 0 radical (unpaired) electrons. The Labute approximate surface area is 84.6 Å². The molecule has 1 unspecified atom stereocenters. The third-order valence-electron chi connectivity index (χ3n) is 2.17. The van der Waals surface area contributed by atoms with Crippen LogP contribution >= 0.6 is 0 Å². The largest absolute Gasteiger partial charge is 0.397 e. The second kappa shape index (κ2) is 4.61. The number of aryl methyl sites for hydroxylation is 2. The molecule has 0 aliphatic rings. The highest BCUT2D eigenvalue weighted by atomic mass is 14.7. The lowest BCUT2D eigenvalue weighted by Gasteiger charge is -2.05. The van der Waals surface area contributed by atoms with Crippen molar-refractivity contribution >= 4 is 5.69 Å². The summed E-state index contributed by atoms with van der Waals surface area (Å²) in [4.78, 5) is 4.25. The molecule has 1 aromatic heterocycles. The van der Waals surface area contributed by atoms with Crippen LogP contribution in [0.4, 0.5) is 5.69 Å². The molecule has 1 rings (SSSR count). The molecular weight excluding hydrogens is 174 g/mol. The molecule has 0 saturated heterocycles. The number of rotatable bonds is 3. The Morgan fingerprint density at radius 1 is 1.64 bits per heavy atom.